The zero-order chi connectivity index (χ0) is 18.2. The lowest BCUT2D eigenvalue weighted by molar-refractivity contribution is -0.127. The van der Waals surface area contributed by atoms with Gasteiger partial charge in [0.05, 0.1) is 0 Å². The maximum Gasteiger partial charge on any atom is 0.260 e. The predicted molar refractivity (Wildman–Crippen MR) is 98.9 cm³/mol. The quantitative estimate of drug-likeness (QED) is 0.744. The van der Waals surface area contributed by atoms with Gasteiger partial charge in [0, 0.05) is 11.6 Å². The molecule has 132 valence electrons. The molecule has 4 heteroatoms. The van der Waals surface area contributed by atoms with Gasteiger partial charge in [-0.15, -0.1) is 0 Å². The Labute approximate surface area is 149 Å². The Kier molecular flexibility index (Phi) is 6.75. The fourth-order valence-corrected chi connectivity index (χ4v) is 2.51. The highest BCUT2D eigenvalue weighted by atomic mass is 16.5. The Balaban J connectivity index is 1.83. The number of carbonyl (C=O) groups is 2. The summed E-state index contributed by atoms with van der Waals surface area (Å²) < 4.78 is 5.67. The number of carbonyl (C=O) groups excluding carboxylic acids is 2. The summed E-state index contributed by atoms with van der Waals surface area (Å²) in [4.78, 5) is 23.7. The molecular formula is C21H25NO3. The van der Waals surface area contributed by atoms with Gasteiger partial charge in [-0.3, -0.25) is 9.59 Å². The molecule has 0 aliphatic carbocycles. The first-order valence-corrected chi connectivity index (χ1v) is 8.57. The summed E-state index contributed by atoms with van der Waals surface area (Å²) >= 11 is 0. The summed E-state index contributed by atoms with van der Waals surface area (Å²) in [5.41, 5.74) is 1.83. The van der Waals surface area contributed by atoms with E-state index in [0.29, 0.717) is 11.3 Å². The van der Waals surface area contributed by atoms with E-state index >= 15 is 0 Å². The number of hydrogen-bond donors (Lipinski definition) is 1. The molecular weight excluding hydrogens is 314 g/mol. The lowest BCUT2D eigenvalue weighted by Crippen LogP contribution is -2.41. The number of aryl methyl sites for hydroxylation is 1. The molecule has 0 heterocycles. The Morgan fingerprint density at radius 1 is 1.04 bits per heavy atom. The van der Waals surface area contributed by atoms with E-state index in [1.807, 2.05) is 25.1 Å². The van der Waals surface area contributed by atoms with Crippen LogP contribution in [0.2, 0.25) is 0 Å². The molecule has 2 aromatic carbocycles. The van der Waals surface area contributed by atoms with Gasteiger partial charge in [0.15, 0.2) is 11.9 Å². The summed E-state index contributed by atoms with van der Waals surface area (Å²) in [6.07, 6.45) is 1.15. The summed E-state index contributed by atoms with van der Waals surface area (Å²) in [5.74, 6) is 0.332. The average molecular weight is 339 g/mol. The molecule has 0 aliphatic heterocycles. The minimum Gasteiger partial charge on any atom is -0.481 e. The average Bonchev–Trinajstić information content (AvgIpc) is 2.61. The number of nitrogens with one attached hydrogen (secondary N) is 1. The molecule has 0 unspecified atom stereocenters. The Morgan fingerprint density at radius 3 is 2.44 bits per heavy atom. The molecule has 0 fully saturated rings. The monoisotopic (exact) mass is 339 g/mol. The van der Waals surface area contributed by atoms with Crippen molar-refractivity contribution in [2.45, 2.75) is 45.8 Å². The molecule has 25 heavy (non-hydrogen) atoms. The van der Waals surface area contributed by atoms with Gasteiger partial charge in [0.1, 0.15) is 5.75 Å². The molecule has 0 aliphatic rings. The molecule has 2 rings (SSSR count). The van der Waals surface area contributed by atoms with E-state index < -0.39 is 6.10 Å². The number of amides is 1. The van der Waals surface area contributed by atoms with Crippen LogP contribution in [0.3, 0.4) is 0 Å². The van der Waals surface area contributed by atoms with Crippen LogP contribution in [0.25, 0.3) is 0 Å². The minimum atomic E-state index is -0.624. The second kappa shape index (κ2) is 9.02. The highest BCUT2D eigenvalue weighted by molar-refractivity contribution is 5.94. The van der Waals surface area contributed by atoms with Crippen molar-refractivity contribution >= 4 is 11.7 Å². The zero-order valence-corrected chi connectivity index (χ0v) is 15.0. The number of rotatable bonds is 8. The van der Waals surface area contributed by atoms with Crippen molar-refractivity contribution in [1.82, 2.24) is 5.32 Å². The first kappa shape index (κ1) is 18.7. The van der Waals surface area contributed by atoms with Crippen molar-refractivity contribution in [3.05, 3.63) is 65.7 Å². The number of benzene rings is 2. The van der Waals surface area contributed by atoms with Crippen molar-refractivity contribution in [3.8, 4) is 5.75 Å². The standard InChI is InChI=1S/C21H25NO3/c1-15(12-13-18-8-5-4-6-9-18)22-21(24)17(3)25-20-11-7-10-19(14-20)16(2)23/h4-11,14-15,17H,12-13H2,1-3H3,(H,22,24)/t15-,17+/m1/s1. The van der Waals surface area contributed by atoms with Crippen molar-refractivity contribution < 1.29 is 14.3 Å². The van der Waals surface area contributed by atoms with E-state index in [1.165, 1.54) is 12.5 Å². The first-order chi connectivity index (χ1) is 12.0. The van der Waals surface area contributed by atoms with E-state index in [2.05, 4.69) is 17.4 Å². The maximum absolute atomic E-state index is 12.3. The topological polar surface area (TPSA) is 55.4 Å². The molecule has 2 atom stereocenters. The second-order valence-corrected chi connectivity index (χ2v) is 6.28. The number of ketones is 1. The largest absolute Gasteiger partial charge is 0.481 e. The number of Topliss-reactive ketones (excluding diaryl/α,β-unsaturated/α-hetero) is 1. The Bertz CT molecular complexity index is 712. The van der Waals surface area contributed by atoms with Crippen LogP contribution in [0.15, 0.2) is 54.6 Å². The van der Waals surface area contributed by atoms with Crippen molar-refractivity contribution in [2.24, 2.45) is 0 Å². The van der Waals surface area contributed by atoms with E-state index in [-0.39, 0.29) is 17.7 Å². The van der Waals surface area contributed by atoms with Crippen LogP contribution in [-0.2, 0) is 11.2 Å². The van der Waals surface area contributed by atoms with Crippen LogP contribution in [0.1, 0.15) is 43.1 Å². The highest BCUT2D eigenvalue weighted by Gasteiger charge is 2.17. The lowest BCUT2D eigenvalue weighted by atomic mass is 10.1. The molecule has 0 saturated heterocycles. The summed E-state index contributed by atoms with van der Waals surface area (Å²) in [7, 11) is 0. The van der Waals surface area contributed by atoms with Crippen LogP contribution in [-0.4, -0.2) is 23.8 Å². The van der Waals surface area contributed by atoms with Crippen LogP contribution in [0, 0.1) is 0 Å². The molecule has 0 radical (unpaired) electrons. The summed E-state index contributed by atoms with van der Waals surface area (Å²) in [6.45, 7) is 5.20. The molecule has 0 bridgehead atoms. The third kappa shape index (κ3) is 6.07. The van der Waals surface area contributed by atoms with E-state index in [0.717, 1.165) is 12.8 Å². The smallest absolute Gasteiger partial charge is 0.260 e. The molecule has 1 amide bonds. The van der Waals surface area contributed by atoms with Gasteiger partial charge >= 0.3 is 0 Å². The Morgan fingerprint density at radius 2 is 1.76 bits per heavy atom. The van der Waals surface area contributed by atoms with Gasteiger partial charge in [-0.05, 0) is 51.3 Å². The SMILES string of the molecule is CC(=O)c1cccc(O[C@@H](C)C(=O)N[C@H](C)CCc2ccccc2)c1. The number of ether oxygens (including phenoxy) is 1. The summed E-state index contributed by atoms with van der Waals surface area (Å²) in [6, 6.07) is 17.1. The van der Waals surface area contributed by atoms with Crippen LogP contribution in [0.4, 0.5) is 0 Å². The minimum absolute atomic E-state index is 0.0305. The number of hydrogen-bond acceptors (Lipinski definition) is 3. The van der Waals surface area contributed by atoms with Gasteiger partial charge in [-0.25, -0.2) is 0 Å². The fraction of sp³-hybridized carbons (Fsp3) is 0.333. The van der Waals surface area contributed by atoms with Crippen molar-refractivity contribution in [1.29, 1.82) is 0 Å². The molecule has 0 spiro atoms. The third-order valence-corrected chi connectivity index (χ3v) is 4.02. The normalized spacial score (nSPS) is 12.9. The molecule has 2 aromatic rings. The van der Waals surface area contributed by atoms with E-state index in [1.54, 1.807) is 31.2 Å². The molecule has 0 saturated carbocycles. The third-order valence-electron chi connectivity index (χ3n) is 4.02. The van der Waals surface area contributed by atoms with E-state index in [4.69, 9.17) is 4.74 Å². The van der Waals surface area contributed by atoms with Crippen LogP contribution in [0.5, 0.6) is 5.75 Å². The highest BCUT2D eigenvalue weighted by Crippen LogP contribution is 2.15. The predicted octanol–water partition coefficient (Wildman–Crippen LogP) is 3.79. The van der Waals surface area contributed by atoms with Gasteiger partial charge < -0.3 is 10.1 Å². The molecule has 1 N–H and O–H groups in total. The van der Waals surface area contributed by atoms with Gasteiger partial charge in [0.25, 0.3) is 5.91 Å². The van der Waals surface area contributed by atoms with Gasteiger partial charge in [-0.2, -0.15) is 0 Å². The maximum atomic E-state index is 12.3. The van der Waals surface area contributed by atoms with Gasteiger partial charge in [0.2, 0.25) is 0 Å². The van der Waals surface area contributed by atoms with Gasteiger partial charge in [-0.1, -0.05) is 42.5 Å². The van der Waals surface area contributed by atoms with Crippen molar-refractivity contribution in [3.63, 3.8) is 0 Å². The molecule has 4 nitrogen and oxygen atoms in total. The second-order valence-electron chi connectivity index (χ2n) is 6.28. The summed E-state index contributed by atoms with van der Waals surface area (Å²) in [5, 5.41) is 2.98. The molecule has 0 aromatic heterocycles. The lowest BCUT2D eigenvalue weighted by Gasteiger charge is -2.19. The van der Waals surface area contributed by atoms with Crippen LogP contribution < -0.4 is 10.1 Å². The zero-order valence-electron chi connectivity index (χ0n) is 15.0. The van der Waals surface area contributed by atoms with Crippen LogP contribution >= 0.6 is 0 Å². The fourth-order valence-electron chi connectivity index (χ4n) is 2.51. The first-order valence-electron chi connectivity index (χ1n) is 8.57. The van der Waals surface area contributed by atoms with Crippen molar-refractivity contribution in [2.75, 3.05) is 0 Å². The Hall–Kier alpha value is -2.62. The van der Waals surface area contributed by atoms with E-state index in [9.17, 15) is 9.59 Å².